The maximum Gasteiger partial charge on any atom is 0.170 e. The largest absolute Gasteiger partial charge is 0.349 e. The van der Waals surface area contributed by atoms with Gasteiger partial charge in [0.2, 0.25) is 0 Å². The zero-order chi connectivity index (χ0) is 7.40. The molecule has 1 aliphatic heterocycles. The van der Waals surface area contributed by atoms with Crippen LogP contribution >= 0.6 is 0 Å². The molecule has 0 aliphatic carbocycles. The number of nitrogens with one attached hydrogen (secondary N) is 1. The van der Waals surface area contributed by atoms with Gasteiger partial charge < -0.3 is 14.8 Å². The van der Waals surface area contributed by atoms with Crippen LogP contribution in [0.5, 0.6) is 0 Å². The molecule has 60 valence electrons. The Hall–Kier alpha value is -0.120. The van der Waals surface area contributed by atoms with Crippen molar-refractivity contribution in [2.75, 3.05) is 19.7 Å². The molecule has 2 unspecified atom stereocenters. The maximum absolute atomic E-state index is 5.38. The van der Waals surface area contributed by atoms with E-state index in [-0.39, 0.29) is 12.4 Å². The third-order valence-corrected chi connectivity index (χ3v) is 1.46. The van der Waals surface area contributed by atoms with Crippen molar-refractivity contribution >= 4 is 0 Å². The average Bonchev–Trinajstić information content (AvgIpc) is 2.31. The number of likely N-dealkylation sites (N-methyl/N-ethyl adjacent to an activating group) is 1. The normalized spacial score (nSPS) is 33.0. The van der Waals surface area contributed by atoms with E-state index in [9.17, 15) is 0 Å². The van der Waals surface area contributed by atoms with E-state index >= 15 is 0 Å². The van der Waals surface area contributed by atoms with E-state index < -0.39 is 0 Å². The Kier molecular flexibility index (Phi) is 3.12. The minimum Gasteiger partial charge on any atom is -0.349 e. The Labute approximate surface area is 61.7 Å². The second kappa shape index (κ2) is 3.91. The summed E-state index contributed by atoms with van der Waals surface area (Å²) in [6, 6.07) is 0. The highest BCUT2D eigenvalue weighted by Gasteiger charge is 2.20. The first-order valence-corrected chi connectivity index (χ1v) is 3.80. The van der Waals surface area contributed by atoms with Gasteiger partial charge in [-0.25, -0.2) is 0 Å². The van der Waals surface area contributed by atoms with E-state index in [1.165, 1.54) is 0 Å². The topological polar surface area (TPSA) is 30.5 Å². The maximum atomic E-state index is 5.38. The summed E-state index contributed by atoms with van der Waals surface area (Å²) in [6.45, 7) is 6.60. The second-order valence-corrected chi connectivity index (χ2v) is 2.52. The molecule has 0 radical (unpaired) electrons. The van der Waals surface area contributed by atoms with E-state index in [0.29, 0.717) is 0 Å². The Morgan fingerprint density at radius 1 is 1.60 bits per heavy atom. The van der Waals surface area contributed by atoms with Gasteiger partial charge in [-0.1, -0.05) is 6.92 Å². The number of rotatable bonds is 3. The lowest BCUT2D eigenvalue weighted by atomic mass is 10.5. The summed E-state index contributed by atoms with van der Waals surface area (Å²) in [5, 5.41) is 3.16. The molecule has 1 saturated heterocycles. The summed E-state index contributed by atoms with van der Waals surface area (Å²) in [4.78, 5) is 0. The molecule has 10 heavy (non-hydrogen) atoms. The Balaban J connectivity index is 2.06. The first-order valence-electron chi connectivity index (χ1n) is 3.80. The minimum absolute atomic E-state index is 0.0186. The molecule has 1 N–H and O–H groups in total. The van der Waals surface area contributed by atoms with Crippen molar-refractivity contribution in [1.82, 2.24) is 5.32 Å². The first kappa shape index (κ1) is 7.98. The van der Waals surface area contributed by atoms with Crippen molar-refractivity contribution in [3.8, 4) is 0 Å². The van der Waals surface area contributed by atoms with Gasteiger partial charge in [-0.2, -0.15) is 0 Å². The summed E-state index contributed by atoms with van der Waals surface area (Å²) >= 11 is 0. The van der Waals surface area contributed by atoms with Gasteiger partial charge in [-0.05, 0) is 13.5 Å². The van der Waals surface area contributed by atoms with Crippen LogP contribution in [0.2, 0.25) is 0 Å². The van der Waals surface area contributed by atoms with Gasteiger partial charge in [0, 0.05) is 6.54 Å². The van der Waals surface area contributed by atoms with Gasteiger partial charge in [0.25, 0.3) is 0 Å². The van der Waals surface area contributed by atoms with Crippen molar-refractivity contribution in [2.45, 2.75) is 26.2 Å². The highest BCUT2D eigenvalue weighted by Crippen LogP contribution is 2.08. The van der Waals surface area contributed by atoms with Crippen LogP contribution in [-0.4, -0.2) is 32.1 Å². The summed E-state index contributed by atoms with van der Waals surface area (Å²) < 4.78 is 10.7. The molecule has 1 fully saturated rings. The van der Waals surface area contributed by atoms with Crippen LogP contribution in [0.15, 0.2) is 0 Å². The third-order valence-electron chi connectivity index (χ3n) is 1.46. The Bertz CT molecular complexity index is 97.6. The zero-order valence-corrected chi connectivity index (χ0v) is 6.59. The summed E-state index contributed by atoms with van der Waals surface area (Å²) in [5.74, 6) is 0. The number of hydrogen-bond donors (Lipinski definition) is 1. The van der Waals surface area contributed by atoms with Gasteiger partial charge >= 0.3 is 0 Å². The quantitative estimate of drug-likeness (QED) is 0.622. The molecule has 2 atom stereocenters. The highest BCUT2D eigenvalue weighted by atomic mass is 16.7. The smallest absolute Gasteiger partial charge is 0.170 e. The molecule has 0 spiro atoms. The summed E-state index contributed by atoms with van der Waals surface area (Å²) in [7, 11) is 0. The molecule has 1 aliphatic rings. The molecule has 1 rings (SSSR count). The fraction of sp³-hybridized carbons (Fsp3) is 1.00. The lowest BCUT2D eigenvalue weighted by Gasteiger charge is -2.08. The van der Waals surface area contributed by atoms with Crippen LogP contribution in [-0.2, 0) is 9.47 Å². The Morgan fingerprint density at radius 2 is 2.40 bits per heavy atom. The van der Waals surface area contributed by atoms with Gasteiger partial charge in [0.15, 0.2) is 6.29 Å². The van der Waals surface area contributed by atoms with Crippen molar-refractivity contribution in [3.05, 3.63) is 0 Å². The molecule has 3 nitrogen and oxygen atoms in total. The van der Waals surface area contributed by atoms with Gasteiger partial charge in [0.1, 0.15) is 0 Å². The molecule has 0 aromatic carbocycles. The predicted octanol–water partition coefficient (Wildman–Crippen LogP) is 0.357. The van der Waals surface area contributed by atoms with Crippen LogP contribution in [0, 0.1) is 0 Å². The lowest BCUT2D eigenvalue weighted by Crippen LogP contribution is -2.27. The first-order chi connectivity index (χ1) is 4.83. The van der Waals surface area contributed by atoms with Crippen LogP contribution in [0.25, 0.3) is 0 Å². The van der Waals surface area contributed by atoms with Gasteiger partial charge in [-0.3, -0.25) is 0 Å². The molecule has 0 amide bonds. The molecular formula is C7H15NO2. The summed E-state index contributed by atoms with van der Waals surface area (Å²) in [5.41, 5.74) is 0. The highest BCUT2D eigenvalue weighted by molar-refractivity contribution is 4.61. The van der Waals surface area contributed by atoms with E-state index in [1.54, 1.807) is 0 Å². The van der Waals surface area contributed by atoms with Crippen molar-refractivity contribution < 1.29 is 9.47 Å². The Morgan fingerprint density at radius 3 is 2.90 bits per heavy atom. The fourth-order valence-corrected chi connectivity index (χ4v) is 0.950. The molecular weight excluding hydrogens is 130 g/mol. The monoisotopic (exact) mass is 145 g/mol. The molecule has 1 heterocycles. The van der Waals surface area contributed by atoms with Crippen molar-refractivity contribution in [1.29, 1.82) is 0 Å². The third kappa shape index (κ3) is 2.25. The van der Waals surface area contributed by atoms with Crippen LogP contribution < -0.4 is 5.32 Å². The summed E-state index contributed by atoms with van der Waals surface area (Å²) in [6.07, 6.45) is 0.249. The van der Waals surface area contributed by atoms with E-state index in [2.05, 4.69) is 12.2 Å². The fourth-order valence-electron chi connectivity index (χ4n) is 0.950. The lowest BCUT2D eigenvalue weighted by molar-refractivity contribution is -0.0514. The standard InChI is InChI=1S/C7H15NO2/c1-3-8-4-7-9-5-6(2)10-7/h6-8H,3-5H2,1-2H3. The minimum atomic E-state index is -0.0186. The van der Waals surface area contributed by atoms with Gasteiger partial charge in [0.05, 0.1) is 12.7 Å². The SMILES string of the molecule is CCNCC1OCC(C)O1. The average molecular weight is 145 g/mol. The van der Waals surface area contributed by atoms with Crippen LogP contribution in [0.1, 0.15) is 13.8 Å². The van der Waals surface area contributed by atoms with Gasteiger partial charge in [-0.15, -0.1) is 0 Å². The van der Waals surface area contributed by atoms with Crippen molar-refractivity contribution in [3.63, 3.8) is 0 Å². The molecule has 0 bridgehead atoms. The molecule has 0 aromatic heterocycles. The molecule has 0 aromatic rings. The second-order valence-electron chi connectivity index (χ2n) is 2.52. The van der Waals surface area contributed by atoms with Crippen LogP contribution in [0.3, 0.4) is 0 Å². The van der Waals surface area contributed by atoms with Crippen LogP contribution in [0.4, 0.5) is 0 Å². The van der Waals surface area contributed by atoms with E-state index in [0.717, 1.165) is 19.7 Å². The van der Waals surface area contributed by atoms with E-state index in [1.807, 2.05) is 6.92 Å². The van der Waals surface area contributed by atoms with E-state index in [4.69, 9.17) is 9.47 Å². The van der Waals surface area contributed by atoms with Crippen molar-refractivity contribution in [2.24, 2.45) is 0 Å². The molecule has 0 saturated carbocycles. The number of hydrogen-bond acceptors (Lipinski definition) is 3. The molecule has 3 heteroatoms. The predicted molar refractivity (Wildman–Crippen MR) is 38.8 cm³/mol. The number of ether oxygens (including phenoxy) is 2. The zero-order valence-electron chi connectivity index (χ0n) is 6.59.